The maximum atomic E-state index is 2.60. The van der Waals surface area contributed by atoms with Gasteiger partial charge in [0.05, 0.1) is 0 Å². The number of hydrogen-bond acceptors (Lipinski definition) is 0. The van der Waals surface area contributed by atoms with E-state index in [1.165, 1.54) is 57.3 Å². The van der Waals surface area contributed by atoms with Crippen molar-refractivity contribution in [2.45, 2.75) is 58.8 Å². The lowest BCUT2D eigenvalue weighted by Crippen LogP contribution is -2.02. The summed E-state index contributed by atoms with van der Waals surface area (Å²) in [4.78, 5) is 0. The lowest BCUT2D eigenvalue weighted by atomic mass is 9.90. The van der Waals surface area contributed by atoms with E-state index in [-0.39, 0.29) is 7.92 Å². The molecule has 0 aromatic heterocycles. The highest BCUT2D eigenvalue weighted by atomic mass is 31.1. The topological polar surface area (TPSA) is 0 Å². The zero-order chi connectivity index (χ0) is 10.9. The largest absolute Gasteiger partial charge is 0.0836 e. The fourth-order valence-electron chi connectivity index (χ4n) is 2.41. The Labute approximate surface area is 97.3 Å². The second-order valence-electron chi connectivity index (χ2n) is 4.78. The molecule has 0 nitrogen and oxygen atoms in total. The maximum absolute atomic E-state index is 2.60. The van der Waals surface area contributed by atoms with Gasteiger partial charge in [0.15, 0.2) is 0 Å². The van der Waals surface area contributed by atoms with Gasteiger partial charge in [-0.25, -0.2) is 0 Å². The molecule has 0 N–H and O–H groups in total. The van der Waals surface area contributed by atoms with Crippen LogP contribution in [0.25, 0.3) is 0 Å². The predicted molar refractivity (Wildman–Crippen MR) is 73.0 cm³/mol. The van der Waals surface area contributed by atoms with Gasteiger partial charge in [-0.2, -0.15) is 0 Å². The van der Waals surface area contributed by atoms with E-state index < -0.39 is 0 Å². The lowest BCUT2D eigenvalue weighted by molar-refractivity contribution is 0.420. The van der Waals surface area contributed by atoms with E-state index in [9.17, 15) is 0 Å². The first-order valence-electron chi connectivity index (χ1n) is 6.79. The summed E-state index contributed by atoms with van der Waals surface area (Å²) in [5, 5.41) is 0. The molecule has 15 heavy (non-hydrogen) atoms. The Morgan fingerprint density at radius 3 is 2.13 bits per heavy atom. The molecule has 0 bridgehead atoms. The van der Waals surface area contributed by atoms with Crippen LogP contribution in [-0.2, 0) is 0 Å². The molecule has 1 rings (SSSR count). The zero-order valence-corrected chi connectivity index (χ0v) is 11.4. The Kier molecular flexibility index (Phi) is 7.36. The molecule has 0 radical (unpaired) electrons. The average Bonchev–Trinajstić information content (AvgIpc) is 2.28. The van der Waals surface area contributed by atoms with Gasteiger partial charge in [-0.15, -0.1) is 0 Å². The molecule has 0 aliphatic heterocycles. The first kappa shape index (κ1) is 13.2. The highest BCUT2D eigenvalue weighted by Crippen LogP contribution is 2.39. The first-order chi connectivity index (χ1) is 7.36. The summed E-state index contributed by atoms with van der Waals surface area (Å²) in [6, 6.07) is 0. The van der Waals surface area contributed by atoms with Crippen molar-refractivity contribution < 1.29 is 0 Å². The van der Waals surface area contributed by atoms with E-state index in [0.717, 1.165) is 5.92 Å². The van der Waals surface area contributed by atoms with E-state index in [1.807, 2.05) is 0 Å². The van der Waals surface area contributed by atoms with Crippen LogP contribution in [0.3, 0.4) is 0 Å². The monoisotopic (exact) mass is 226 g/mol. The van der Waals surface area contributed by atoms with Crippen molar-refractivity contribution in [2.75, 3.05) is 12.3 Å². The minimum Gasteiger partial charge on any atom is -0.0836 e. The molecule has 0 unspecified atom stereocenters. The van der Waals surface area contributed by atoms with E-state index in [2.05, 4.69) is 25.7 Å². The van der Waals surface area contributed by atoms with E-state index in [1.54, 1.807) is 0 Å². The molecule has 1 saturated carbocycles. The summed E-state index contributed by atoms with van der Waals surface area (Å²) in [7, 11) is 0.234. The molecule has 0 atom stereocenters. The third-order valence-corrected chi connectivity index (χ3v) is 5.88. The quantitative estimate of drug-likeness (QED) is 0.533. The molecule has 0 heterocycles. The van der Waals surface area contributed by atoms with Crippen LogP contribution in [0, 0.1) is 5.92 Å². The van der Waals surface area contributed by atoms with Gasteiger partial charge < -0.3 is 0 Å². The second-order valence-corrected chi connectivity index (χ2v) is 7.15. The molecule has 1 fully saturated rings. The van der Waals surface area contributed by atoms with Gasteiger partial charge >= 0.3 is 0 Å². The van der Waals surface area contributed by atoms with Crippen LogP contribution in [0.1, 0.15) is 58.8 Å². The first-order valence-corrected chi connectivity index (χ1v) is 8.57. The highest BCUT2D eigenvalue weighted by Gasteiger charge is 2.10. The summed E-state index contributed by atoms with van der Waals surface area (Å²) in [6.45, 7) is 4.64. The maximum Gasteiger partial charge on any atom is -0.0230 e. The minimum absolute atomic E-state index is 0.234. The fraction of sp³-hybridized carbons (Fsp3) is 0.857. The SMILES string of the molecule is CCCP(C=CC1CCCCC1)CCC. The molecule has 88 valence electrons. The van der Waals surface area contributed by atoms with Crippen molar-refractivity contribution in [3.8, 4) is 0 Å². The van der Waals surface area contributed by atoms with Crippen molar-refractivity contribution in [3.05, 3.63) is 11.9 Å². The van der Waals surface area contributed by atoms with Gasteiger partial charge in [0, 0.05) is 0 Å². The minimum atomic E-state index is 0.234. The van der Waals surface area contributed by atoms with Gasteiger partial charge in [-0.1, -0.05) is 65.8 Å². The number of rotatable bonds is 6. The third kappa shape index (κ3) is 5.71. The van der Waals surface area contributed by atoms with Gasteiger partial charge in [0.2, 0.25) is 0 Å². The Morgan fingerprint density at radius 1 is 1.00 bits per heavy atom. The molecular formula is C14H27P. The van der Waals surface area contributed by atoms with Crippen LogP contribution >= 0.6 is 7.92 Å². The average molecular weight is 226 g/mol. The molecule has 0 amide bonds. The van der Waals surface area contributed by atoms with Crippen molar-refractivity contribution in [1.29, 1.82) is 0 Å². The van der Waals surface area contributed by atoms with Crippen molar-refractivity contribution in [2.24, 2.45) is 5.92 Å². The molecule has 0 aromatic carbocycles. The van der Waals surface area contributed by atoms with Crippen LogP contribution < -0.4 is 0 Å². The second kappa shape index (κ2) is 8.34. The van der Waals surface area contributed by atoms with Gasteiger partial charge in [-0.05, 0) is 31.1 Å². The summed E-state index contributed by atoms with van der Waals surface area (Å²) in [5.74, 6) is 3.52. The standard InChI is InChI=1S/C14H27P/c1-3-11-15(12-4-2)13-10-14-8-6-5-7-9-14/h10,13-14H,3-9,11-12H2,1-2H3. The smallest absolute Gasteiger partial charge is 0.0230 e. The lowest BCUT2D eigenvalue weighted by Gasteiger charge is -2.19. The Balaban J connectivity index is 2.30. The Bertz CT molecular complexity index is 162. The summed E-state index contributed by atoms with van der Waals surface area (Å²) < 4.78 is 0. The van der Waals surface area contributed by atoms with Crippen molar-refractivity contribution >= 4 is 7.92 Å². The van der Waals surface area contributed by atoms with E-state index >= 15 is 0 Å². The van der Waals surface area contributed by atoms with Crippen LogP contribution in [0.15, 0.2) is 11.9 Å². The van der Waals surface area contributed by atoms with E-state index in [4.69, 9.17) is 0 Å². The molecule has 1 aliphatic rings. The normalized spacial score (nSPS) is 19.1. The number of allylic oxidation sites excluding steroid dienone is 1. The van der Waals surface area contributed by atoms with Gasteiger partial charge in [0.25, 0.3) is 0 Å². The molecule has 1 heteroatoms. The van der Waals surface area contributed by atoms with Crippen LogP contribution in [-0.4, -0.2) is 12.3 Å². The predicted octanol–water partition coefficient (Wildman–Crippen LogP) is 5.38. The Morgan fingerprint density at radius 2 is 1.60 bits per heavy atom. The Hall–Kier alpha value is 0.170. The number of hydrogen-bond donors (Lipinski definition) is 0. The third-order valence-electron chi connectivity index (χ3n) is 3.24. The van der Waals surface area contributed by atoms with Crippen LogP contribution in [0.5, 0.6) is 0 Å². The summed E-state index contributed by atoms with van der Waals surface area (Å²) in [6.07, 6.45) is 15.5. The van der Waals surface area contributed by atoms with Crippen LogP contribution in [0.4, 0.5) is 0 Å². The van der Waals surface area contributed by atoms with Gasteiger partial charge in [-0.3, -0.25) is 0 Å². The van der Waals surface area contributed by atoms with Crippen molar-refractivity contribution in [1.82, 2.24) is 0 Å². The van der Waals surface area contributed by atoms with E-state index in [0.29, 0.717) is 0 Å². The van der Waals surface area contributed by atoms with Crippen molar-refractivity contribution in [3.63, 3.8) is 0 Å². The highest BCUT2D eigenvalue weighted by molar-refractivity contribution is 7.60. The van der Waals surface area contributed by atoms with Crippen LogP contribution in [0.2, 0.25) is 0 Å². The summed E-state index contributed by atoms with van der Waals surface area (Å²) in [5.41, 5.74) is 0. The summed E-state index contributed by atoms with van der Waals surface area (Å²) >= 11 is 0. The molecular weight excluding hydrogens is 199 g/mol. The molecule has 1 aliphatic carbocycles. The fourth-order valence-corrected chi connectivity index (χ4v) is 4.56. The molecule has 0 aromatic rings. The van der Waals surface area contributed by atoms with Gasteiger partial charge in [0.1, 0.15) is 0 Å². The molecule has 0 saturated heterocycles. The molecule has 0 spiro atoms. The zero-order valence-electron chi connectivity index (χ0n) is 10.5.